The van der Waals surface area contributed by atoms with E-state index in [2.05, 4.69) is 49.5 Å². The van der Waals surface area contributed by atoms with Crippen molar-refractivity contribution >= 4 is 24.9 Å². The number of hydrogen-bond acceptors (Lipinski definition) is 5. The number of imidazole rings is 1. The average molecular weight is 620 g/mol. The Morgan fingerprint density at radius 3 is 2.34 bits per heavy atom. The molecule has 0 saturated carbocycles. The van der Waals surface area contributed by atoms with Crippen LogP contribution in [0.2, 0.25) is 25.7 Å². The van der Waals surface area contributed by atoms with E-state index in [1.807, 2.05) is 22.8 Å². The number of carbonyl (C=O) groups is 1. The van der Waals surface area contributed by atoms with Gasteiger partial charge in [0.2, 0.25) is 0 Å². The minimum absolute atomic E-state index is 0.157. The van der Waals surface area contributed by atoms with E-state index < -0.39 is 19.9 Å². The Kier molecular flexibility index (Phi) is 8.63. The Hall–Kier alpha value is -4.09. The largest absolute Gasteiger partial charge is 0.434 e. The normalized spacial score (nSPS) is 12.4. The summed E-state index contributed by atoms with van der Waals surface area (Å²) in [5, 5.41) is 0. The fourth-order valence-electron chi connectivity index (χ4n) is 5.02. The molecule has 0 spiro atoms. The summed E-state index contributed by atoms with van der Waals surface area (Å²) >= 11 is 0. The number of hydrogen-bond donors (Lipinski definition) is 0. The summed E-state index contributed by atoms with van der Waals surface area (Å²) in [6.45, 7) is 12.0. The summed E-state index contributed by atoms with van der Waals surface area (Å²) in [5.74, 6) is 0.670. The average Bonchev–Trinajstić information content (AvgIpc) is 3.55. The molecule has 2 aromatic carbocycles. The van der Waals surface area contributed by atoms with Crippen LogP contribution in [0.5, 0.6) is 0 Å². The molecule has 0 unspecified atom stereocenters. The van der Waals surface area contributed by atoms with Crippen molar-refractivity contribution < 1.29 is 22.7 Å². The number of alkyl halides is 3. The lowest BCUT2D eigenvalue weighted by molar-refractivity contribution is -0.140. The van der Waals surface area contributed by atoms with Crippen molar-refractivity contribution in [3.63, 3.8) is 0 Å². The van der Waals surface area contributed by atoms with Crippen LogP contribution in [0.3, 0.4) is 0 Å². The fourth-order valence-corrected chi connectivity index (χ4v) is 5.77. The number of rotatable bonds is 10. The molecule has 0 aliphatic rings. The zero-order valence-corrected chi connectivity index (χ0v) is 26.7. The highest BCUT2D eigenvalue weighted by Gasteiger charge is 2.34. The number of halogens is 3. The van der Waals surface area contributed by atoms with Gasteiger partial charge in [-0.15, -0.1) is 0 Å². The van der Waals surface area contributed by atoms with Gasteiger partial charge in [0.1, 0.15) is 18.1 Å². The molecule has 44 heavy (non-hydrogen) atoms. The Balaban J connectivity index is 1.52. The van der Waals surface area contributed by atoms with Crippen LogP contribution in [-0.4, -0.2) is 44.6 Å². The fraction of sp³-hybridized carbons (Fsp3) is 0.333. The summed E-state index contributed by atoms with van der Waals surface area (Å²) in [6, 6.07) is 15.4. The minimum Gasteiger partial charge on any atom is -0.361 e. The first-order chi connectivity index (χ1) is 20.7. The first kappa shape index (κ1) is 31.3. The molecular weight excluding hydrogens is 583 g/mol. The summed E-state index contributed by atoms with van der Waals surface area (Å²) in [4.78, 5) is 27.3. The van der Waals surface area contributed by atoms with Crippen LogP contribution in [0.1, 0.15) is 46.9 Å². The van der Waals surface area contributed by atoms with Gasteiger partial charge < -0.3 is 13.9 Å². The molecule has 11 heteroatoms. The molecule has 0 atom stereocenters. The summed E-state index contributed by atoms with van der Waals surface area (Å²) in [6.07, 6.45) is -0.120. The van der Waals surface area contributed by atoms with E-state index in [9.17, 15) is 18.0 Å². The Morgan fingerprint density at radius 1 is 1.00 bits per heavy atom. The minimum atomic E-state index is -4.55. The zero-order chi connectivity index (χ0) is 31.8. The van der Waals surface area contributed by atoms with Gasteiger partial charge in [0.25, 0.3) is 0 Å². The van der Waals surface area contributed by atoms with Crippen LogP contribution >= 0.6 is 0 Å². The van der Waals surface area contributed by atoms with Gasteiger partial charge in [0.05, 0.1) is 17.3 Å². The summed E-state index contributed by atoms with van der Waals surface area (Å²) in [5.41, 5.74) is 3.46. The predicted molar refractivity (Wildman–Crippen MR) is 168 cm³/mol. The molecule has 0 aliphatic heterocycles. The van der Waals surface area contributed by atoms with Gasteiger partial charge in [0.15, 0.2) is 17.3 Å². The van der Waals surface area contributed by atoms with Crippen molar-refractivity contribution in [2.24, 2.45) is 7.05 Å². The van der Waals surface area contributed by atoms with Crippen LogP contribution in [-0.2, 0) is 24.7 Å². The van der Waals surface area contributed by atoms with Gasteiger partial charge >= 0.3 is 6.18 Å². The van der Waals surface area contributed by atoms with Crippen molar-refractivity contribution in [3.8, 4) is 22.8 Å². The maximum absolute atomic E-state index is 13.9. The van der Waals surface area contributed by atoms with Gasteiger partial charge in [0, 0.05) is 50.8 Å². The van der Waals surface area contributed by atoms with E-state index in [1.165, 1.54) is 11.6 Å². The molecular formula is C33H36F3N5O2Si. The first-order valence-electron chi connectivity index (χ1n) is 14.5. The Morgan fingerprint density at radius 2 is 1.70 bits per heavy atom. The molecule has 0 saturated heterocycles. The molecule has 0 bridgehead atoms. The predicted octanol–water partition coefficient (Wildman–Crippen LogP) is 8.18. The van der Waals surface area contributed by atoms with E-state index in [0.29, 0.717) is 40.2 Å². The molecule has 5 aromatic rings. The number of nitrogens with zero attached hydrogens (tertiary/aromatic N) is 5. The first-order valence-corrected chi connectivity index (χ1v) is 18.2. The van der Waals surface area contributed by atoms with E-state index in [-0.39, 0.29) is 24.3 Å². The van der Waals surface area contributed by atoms with Crippen molar-refractivity contribution in [2.75, 3.05) is 6.61 Å². The third-order valence-electron chi connectivity index (χ3n) is 7.49. The smallest absolute Gasteiger partial charge is 0.361 e. The van der Waals surface area contributed by atoms with E-state index in [0.717, 1.165) is 23.4 Å². The highest BCUT2D eigenvalue weighted by atomic mass is 28.3. The molecule has 0 radical (unpaired) electrons. The molecule has 0 amide bonds. The number of aromatic nitrogens is 5. The van der Waals surface area contributed by atoms with E-state index in [4.69, 9.17) is 9.72 Å². The third kappa shape index (κ3) is 6.68. The van der Waals surface area contributed by atoms with Gasteiger partial charge in [-0.25, -0.2) is 15.0 Å². The summed E-state index contributed by atoms with van der Waals surface area (Å²) in [7, 11) is 0.225. The quantitative estimate of drug-likeness (QED) is 0.0895. The van der Waals surface area contributed by atoms with Gasteiger partial charge in [-0.05, 0) is 17.5 Å². The second-order valence-electron chi connectivity index (χ2n) is 12.5. The van der Waals surface area contributed by atoms with Crippen LogP contribution < -0.4 is 0 Å². The highest BCUT2D eigenvalue weighted by Crippen LogP contribution is 2.32. The van der Waals surface area contributed by atoms with Crippen molar-refractivity contribution in [2.45, 2.75) is 58.4 Å². The lowest BCUT2D eigenvalue weighted by Gasteiger charge is -2.15. The molecule has 0 N–H and O–H groups in total. The second-order valence-corrected chi connectivity index (χ2v) is 18.1. The van der Waals surface area contributed by atoms with Crippen LogP contribution in [0.15, 0.2) is 67.1 Å². The highest BCUT2D eigenvalue weighted by molar-refractivity contribution is 6.76. The van der Waals surface area contributed by atoms with E-state index in [1.54, 1.807) is 36.7 Å². The number of fused-ring (bicyclic) bond motifs is 1. The van der Waals surface area contributed by atoms with Gasteiger partial charge in [-0.3, -0.25) is 4.79 Å². The standard InChI is InChI=1S/C33H36F3N5O2Si/c1-21(2)24-9-7-8-10-25(24)31-37-17-27-29(39-31)26(18-41(27)20-43-15-16-44(4,5)6)30(42)22-11-13-23(14-12-22)32-38-28(19-40(32)3)33(34,35)36/h7-14,17-19,21H,15-16,20H2,1-6H3. The molecule has 230 valence electrons. The number of aryl methyl sites for hydroxylation is 1. The molecule has 5 rings (SSSR count). The molecule has 3 aromatic heterocycles. The van der Waals surface area contributed by atoms with Crippen LogP contribution in [0, 0.1) is 0 Å². The number of carbonyl (C=O) groups excluding carboxylic acids is 1. The summed E-state index contributed by atoms with van der Waals surface area (Å²) < 4.78 is 48.8. The van der Waals surface area contributed by atoms with Crippen molar-refractivity contribution in [3.05, 3.63) is 89.5 Å². The molecule has 0 fully saturated rings. The number of benzene rings is 2. The topological polar surface area (TPSA) is 74.8 Å². The lowest BCUT2D eigenvalue weighted by Crippen LogP contribution is -2.22. The van der Waals surface area contributed by atoms with Gasteiger partial charge in [-0.1, -0.05) is 82.0 Å². The Labute approximate surface area is 255 Å². The maximum Gasteiger partial charge on any atom is 0.434 e. The molecule has 3 heterocycles. The lowest BCUT2D eigenvalue weighted by atomic mass is 9.97. The number of ketones is 1. The third-order valence-corrected chi connectivity index (χ3v) is 9.19. The molecule has 0 aliphatic carbocycles. The van der Waals surface area contributed by atoms with Crippen molar-refractivity contribution in [1.29, 1.82) is 0 Å². The van der Waals surface area contributed by atoms with Gasteiger partial charge in [-0.2, -0.15) is 13.2 Å². The molecule has 7 nitrogen and oxygen atoms in total. The maximum atomic E-state index is 13.9. The van der Waals surface area contributed by atoms with Crippen LogP contribution in [0.25, 0.3) is 33.8 Å². The van der Waals surface area contributed by atoms with E-state index >= 15 is 0 Å². The van der Waals surface area contributed by atoms with Crippen LogP contribution in [0.4, 0.5) is 13.2 Å². The number of ether oxygens (including phenoxy) is 1. The van der Waals surface area contributed by atoms with Crippen molar-refractivity contribution in [1.82, 2.24) is 24.1 Å². The second kappa shape index (κ2) is 12.1. The SMILES string of the molecule is CC(C)c1ccccc1-c1ncc2c(n1)c(C(=O)c1ccc(-c3nc(C(F)(F)F)cn3C)cc1)cn2COCC[Si](C)(C)C. The zero-order valence-electron chi connectivity index (χ0n) is 25.7. The Bertz CT molecular complexity index is 1800. The monoisotopic (exact) mass is 619 g/mol.